The molecule has 1 nitrogen and oxygen atoms in total. The molecule has 59 valence electrons. The van der Waals surface area contributed by atoms with E-state index in [1.165, 1.54) is 0 Å². The summed E-state index contributed by atoms with van der Waals surface area (Å²) in [6, 6.07) is 0. The Balaban J connectivity index is 4.34. The first-order chi connectivity index (χ1) is 3.54. The molecule has 1 N–H and O–H groups in total. The monoisotopic (exact) mass is 401 g/mol. The number of halogens is 5. The molecule has 0 aliphatic heterocycles. The molecule has 0 heterocycles. The van der Waals surface area contributed by atoms with Crippen LogP contribution in [0.5, 0.6) is 0 Å². The average Bonchev–Trinajstić information content (AvgIpc) is 1.22. The van der Waals surface area contributed by atoms with E-state index in [2.05, 4.69) is 0 Å². The zero-order valence-electron chi connectivity index (χ0n) is 4.20. The van der Waals surface area contributed by atoms with Gasteiger partial charge in [0.05, 0.1) is 0 Å². The van der Waals surface area contributed by atoms with Crippen LogP contribution in [0, 0.1) is 0 Å². The van der Waals surface area contributed by atoms with Crippen molar-refractivity contribution in [3.8, 4) is 0 Å². The number of aliphatic hydroxyl groups is 1. The average molecular weight is 403 g/mol. The Labute approximate surface area is 70.6 Å². The molecule has 0 aliphatic rings. The van der Waals surface area contributed by atoms with Crippen molar-refractivity contribution < 1.29 is 14.2 Å². The molecule has 0 aliphatic carbocycles. The van der Waals surface area contributed by atoms with Gasteiger partial charge in [0, 0.05) is 0 Å². The Hall–Kier alpha value is 2.15. The van der Waals surface area contributed by atoms with E-state index in [4.69, 9.17) is 51.1 Å². The van der Waals surface area contributed by atoms with Crippen molar-refractivity contribution in [2.24, 2.45) is 0 Å². The van der Waals surface area contributed by atoms with Gasteiger partial charge in [-0.15, -0.1) is 0 Å². The van der Waals surface area contributed by atoms with Crippen LogP contribution in [0.2, 0.25) is 4.64 Å². The van der Waals surface area contributed by atoms with E-state index in [1.54, 1.807) is 0 Å². The van der Waals surface area contributed by atoms with E-state index >= 15 is 0 Å². The molecule has 0 fully saturated rings. The number of rotatable bonds is 2. The summed E-state index contributed by atoms with van der Waals surface area (Å²) in [5.74, 6) is 0. The summed E-state index contributed by atoms with van der Waals surface area (Å²) in [6.07, 6.45) is 0. The maximum absolute atomic E-state index is 8.36. The SMILES string of the molecule is OC[CH2][Ta]([Cl])([Cl])([Cl])([Cl])[Cl]. The second-order valence-corrected chi connectivity index (χ2v) is 63.8. The van der Waals surface area contributed by atoms with Crippen molar-refractivity contribution >= 4 is 45.9 Å². The van der Waals surface area contributed by atoms with Crippen molar-refractivity contribution in [1.82, 2.24) is 0 Å². The third-order valence-corrected chi connectivity index (χ3v) is 11.2. The molecule has 0 amide bonds. The summed E-state index contributed by atoms with van der Waals surface area (Å²) < 4.78 is -0.140. The fraction of sp³-hybridized carbons (Fsp3) is 1.00. The summed E-state index contributed by atoms with van der Waals surface area (Å²) >= 11 is 0. The summed E-state index contributed by atoms with van der Waals surface area (Å²) in [4.78, 5) is 0. The van der Waals surface area contributed by atoms with E-state index in [0.717, 1.165) is 0 Å². The van der Waals surface area contributed by atoms with E-state index in [-0.39, 0.29) is 11.2 Å². The van der Waals surface area contributed by atoms with Crippen molar-refractivity contribution in [3.63, 3.8) is 0 Å². The fourth-order valence-corrected chi connectivity index (χ4v) is 4.64. The van der Waals surface area contributed by atoms with Crippen molar-refractivity contribution in [3.05, 3.63) is 0 Å². The second-order valence-electron chi connectivity index (χ2n) is 1.68. The zero-order chi connectivity index (χ0) is 7.82. The molecule has 9 heavy (non-hydrogen) atoms. The Kier molecular flexibility index (Phi) is 2.87. The molecule has 0 saturated heterocycles. The minimum absolute atomic E-state index is 0.140. The molecule has 0 aromatic carbocycles. The first-order valence-corrected chi connectivity index (χ1v) is 24.2. The molecule has 0 saturated carbocycles. The van der Waals surface area contributed by atoms with Crippen LogP contribution in [0.25, 0.3) is 0 Å². The van der Waals surface area contributed by atoms with Crippen LogP contribution in [-0.4, -0.2) is 11.7 Å². The summed E-state index contributed by atoms with van der Waals surface area (Å²) in [7, 11) is 21.9. The Morgan fingerprint density at radius 3 is 1.33 bits per heavy atom. The van der Waals surface area contributed by atoms with Gasteiger partial charge < -0.3 is 0 Å². The molecule has 7 heteroatoms. The van der Waals surface area contributed by atoms with Gasteiger partial charge >= 0.3 is 71.4 Å². The van der Waals surface area contributed by atoms with E-state index in [9.17, 15) is 0 Å². The first kappa shape index (κ1) is 11.2. The van der Waals surface area contributed by atoms with Crippen LogP contribution < -0.4 is 0 Å². The van der Waals surface area contributed by atoms with Gasteiger partial charge in [-0.3, -0.25) is 0 Å². The van der Waals surface area contributed by atoms with Crippen LogP contribution in [0.15, 0.2) is 0 Å². The second kappa shape index (κ2) is 2.32. The summed E-state index contributed by atoms with van der Waals surface area (Å²) in [5, 5.41) is 8.36. The van der Waals surface area contributed by atoms with Crippen molar-refractivity contribution in [2.45, 2.75) is 4.64 Å². The van der Waals surface area contributed by atoms with Gasteiger partial charge in [0.1, 0.15) is 0 Å². The van der Waals surface area contributed by atoms with Gasteiger partial charge in [-0.05, 0) is 0 Å². The molecular weight excluding hydrogens is 398 g/mol. The topological polar surface area (TPSA) is 20.2 Å². The Bertz CT molecular complexity index is 109. The first-order valence-electron chi connectivity index (χ1n) is 1.98. The van der Waals surface area contributed by atoms with Crippen LogP contribution >= 0.6 is 45.9 Å². The van der Waals surface area contributed by atoms with Gasteiger partial charge in [0.2, 0.25) is 0 Å². The Morgan fingerprint density at radius 2 is 1.33 bits per heavy atom. The van der Waals surface area contributed by atoms with Gasteiger partial charge in [0.15, 0.2) is 0 Å². The normalized spacial score (nSPS) is 20.7. The third kappa shape index (κ3) is 10.2. The summed E-state index contributed by atoms with van der Waals surface area (Å²) in [6.45, 7) is -0.303. The molecule has 0 radical (unpaired) electrons. The van der Waals surface area contributed by atoms with Crippen LogP contribution in [0.1, 0.15) is 0 Å². The van der Waals surface area contributed by atoms with E-state index < -0.39 is 9.10 Å². The Morgan fingerprint density at radius 1 is 1.00 bits per heavy atom. The molecule has 0 rings (SSSR count). The van der Waals surface area contributed by atoms with Gasteiger partial charge in [0.25, 0.3) is 0 Å². The van der Waals surface area contributed by atoms with Gasteiger partial charge in [-0.25, -0.2) is 0 Å². The predicted molar refractivity (Wildman–Crippen MR) is 41.2 cm³/mol. The molecule has 0 aromatic heterocycles. The van der Waals surface area contributed by atoms with Crippen molar-refractivity contribution in [2.75, 3.05) is 6.61 Å². The van der Waals surface area contributed by atoms with E-state index in [0.29, 0.717) is 0 Å². The number of hydrogen-bond donors (Lipinski definition) is 1. The molecule has 0 unspecified atom stereocenters. The molecule has 0 spiro atoms. The van der Waals surface area contributed by atoms with Gasteiger partial charge in [-0.1, -0.05) is 0 Å². The summed E-state index contributed by atoms with van der Waals surface area (Å²) in [5.41, 5.74) is 0. The minimum atomic E-state index is -5.36. The predicted octanol–water partition coefficient (Wildman–Crippen LogP) is 3.39. The van der Waals surface area contributed by atoms with Gasteiger partial charge in [-0.2, -0.15) is 0 Å². The van der Waals surface area contributed by atoms with Crippen LogP contribution in [0.4, 0.5) is 0 Å². The standard InChI is InChI=1S/C2H5O.5ClH.Ta/c1-2-3;;;;;;/h3H,1-2H2;5*1H;/q;;;;;;+5/p-5. The van der Waals surface area contributed by atoms with Crippen LogP contribution in [-0.2, 0) is 9.10 Å². The molecular formula is C2H5Cl5OTa. The van der Waals surface area contributed by atoms with Crippen LogP contribution in [0.3, 0.4) is 0 Å². The molecule has 0 aromatic rings. The fourth-order valence-electron chi connectivity index (χ4n) is 0.189. The molecule has 0 atom stereocenters. The third-order valence-electron chi connectivity index (χ3n) is 0.523. The van der Waals surface area contributed by atoms with Crippen molar-refractivity contribution in [1.29, 1.82) is 0 Å². The maximum atomic E-state index is 8.36. The zero-order valence-corrected chi connectivity index (χ0v) is 11.2. The number of aliphatic hydroxyl groups excluding tert-OH is 1. The number of hydrogen-bond acceptors (Lipinski definition) is 1. The van der Waals surface area contributed by atoms with E-state index in [1.807, 2.05) is 0 Å². The molecule has 0 bridgehead atoms. The quantitative estimate of drug-likeness (QED) is 0.750.